The zero-order valence-corrected chi connectivity index (χ0v) is 15.9. The van der Waals surface area contributed by atoms with Crippen LogP contribution >= 0.6 is 12.4 Å². The molecular weight excluding hydrogens is 352 g/mol. The highest BCUT2D eigenvalue weighted by Crippen LogP contribution is 2.31. The van der Waals surface area contributed by atoms with Gasteiger partial charge in [-0.05, 0) is 23.8 Å². The second kappa shape index (κ2) is 9.57. The molecule has 1 atom stereocenters. The van der Waals surface area contributed by atoms with E-state index in [4.69, 9.17) is 9.47 Å². The first kappa shape index (κ1) is 20.2. The maximum atomic E-state index is 11.8. The van der Waals surface area contributed by atoms with E-state index < -0.39 is 0 Å². The van der Waals surface area contributed by atoms with Crippen molar-refractivity contribution in [3.8, 4) is 5.75 Å². The molecule has 0 aliphatic carbocycles. The van der Waals surface area contributed by atoms with Gasteiger partial charge in [0.1, 0.15) is 5.75 Å². The molecule has 140 valence electrons. The van der Waals surface area contributed by atoms with Crippen LogP contribution in [-0.4, -0.2) is 44.7 Å². The predicted molar refractivity (Wildman–Crippen MR) is 104 cm³/mol. The van der Waals surface area contributed by atoms with Crippen LogP contribution in [0.4, 0.5) is 0 Å². The van der Waals surface area contributed by atoms with Crippen LogP contribution in [-0.2, 0) is 11.3 Å². The molecule has 0 radical (unpaired) electrons. The molecule has 2 aromatic rings. The van der Waals surface area contributed by atoms with Gasteiger partial charge in [-0.15, -0.1) is 12.4 Å². The van der Waals surface area contributed by atoms with E-state index in [0.29, 0.717) is 5.56 Å². The third-order valence-electron chi connectivity index (χ3n) is 4.59. The van der Waals surface area contributed by atoms with Crippen LogP contribution < -0.4 is 10.1 Å². The van der Waals surface area contributed by atoms with Crippen molar-refractivity contribution in [2.24, 2.45) is 0 Å². The predicted octanol–water partition coefficient (Wildman–Crippen LogP) is 3.05. The van der Waals surface area contributed by atoms with E-state index in [1.54, 1.807) is 13.2 Å². The summed E-state index contributed by atoms with van der Waals surface area (Å²) in [6, 6.07) is 16.0. The summed E-state index contributed by atoms with van der Waals surface area (Å²) in [6.07, 6.45) is 0. The Bertz CT molecular complexity index is 739. The Hall–Kier alpha value is -2.08. The monoisotopic (exact) mass is 376 g/mol. The van der Waals surface area contributed by atoms with E-state index >= 15 is 0 Å². The molecule has 2 aromatic carbocycles. The average Bonchev–Trinajstić information content (AvgIpc) is 2.68. The zero-order chi connectivity index (χ0) is 17.6. The standard InChI is InChI=1S/C20H24N2O3.ClH/c1-24-19-9-4-3-8-17(19)18-13-21-10-11-22(18)14-15-6-5-7-16(12-15)20(23)25-2;/h3-9,12,18,21H,10-11,13-14H2,1-2H3;1H. The van der Waals surface area contributed by atoms with Crippen LogP contribution in [0.1, 0.15) is 27.5 Å². The topological polar surface area (TPSA) is 50.8 Å². The van der Waals surface area contributed by atoms with Crippen molar-refractivity contribution in [1.29, 1.82) is 0 Å². The number of carbonyl (C=O) groups excluding carboxylic acids is 1. The quantitative estimate of drug-likeness (QED) is 0.813. The number of nitrogens with one attached hydrogen (secondary N) is 1. The summed E-state index contributed by atoms with van der Waals surface area (Å²) < 4.78 is 10.4. The molecule has 3 rings (SSSR count). The number of rotatable bonds is 5. The van der Waals surface area contributed by atoms with Crippen molar-refractivity contribution in [1.82, 2.24) is 10.2 Å². The van der Waals surface area contributed by atoms with Crippen molar-refractivity contribution >= 4 is 18.4 Å². The molecule has 0 aromatic heterocycles. The summed E-state index contributed by atoms with van der Waals surface area (Å²) in [5, 5.41) is 3.47. The lowest BCUT2D eigenvalue weighted by atomic mass is 10.0. The molecular formula is C20H25ClN2O3. The second-order valence-corrected chi connectivity index (χ2v) is 6.12. The lowest BCUT2D eigenvalue weighted by Gasteiger charge is -2.37. The molecule has 1 unspecified atom stereocenters. The Morgan fingerprint density at radius 1 is 1.19 bits per heavy atom. The molecule has 0 bridgehead atoms. The van der Waals surface area contributed by atoms with Gasteiger partial charge in [0.2, 0.25) is 0 Å². The van der Waals surface area contributed by atoms with Crippen LogP contribution in [0.15, 0.2) is 48.5 Å². The van der Waals surface area contributed by atoms with Gasteiger partial charge in [-0.2, -0.15) is 0 Å². The third kappa shape index (κ3) is 4.55. The first-order valence-electron chi connectivity index (χ1n) is 8.48. The maximum absolute atomic E-state index is 11.8. The fourth-order valence-corrected chi connectivity index (χ4v) is 3.33. The number of nitrogens with zero attached hydrogens (tertiary/aromatic N) is 1. The van der Waals surface area contributed by atoms with Gasteiger partial charge < -0.3 is 14.8 Å². The smallest absolute Gasteiger partial charge is 0.337 e. The highest BCUT2D eigenvalue weighted by atomic mass is 35.5. The number of hydrogen-bond donors (Lipinski definition) is 1. The normalized spacial score (nSPS) is 17.2. The molecule has 1 aliphatic rings. The van der Waals surface area contributed by atoms with Crippen molar-refractivity contribution in [3.63, 3.8) is 0 Å². The van der Waals surface area contributed by atoms with Crippen LogP contribution in [0.3, 0.4) is 0 Å². The highest BCUT2D eigenvalue weighted by molar-refractivity contribution is 5.89. The molecule has 5 nitrogen and oxygen atoms in total. The third-order valence-corrected chi connectivity index (χ3v) is 4.59. The fraction of sp³-hybridized carbons (Fsp3) is 0.350. The van der Waals surface area contributed by atoms with Gasteiger partial charge in [0.15, 0.2) is 0 Å². The van der Waals surface area contributed by atoms with Crippen LogP contribution in [0.25, 0.3) is 0 Å². The number of piperazine rings is 1. The number of esters is 1. The Morgan fingerprint density at radius 2 is 2.00 bits per heavy atom. The maximum Gasteiger partial charge on any atom is 0.337 e. The molecule has 0 saturated carbocycles. The van der Waals surface area contributed by atoms with Crippen LogP contribution in [0.5, 0.6) is 5.75 Å². The van der Waals surface area contributed by atoms with E-state index in [0.717, 1.165) is 37.5 Å². The van der Waals surface area contributed by atoms with Crippen molar-refractivity contribution < 1.29 is 14.3 Å². The number of halogens is 1. The number of carbonyl (C=O) groups is 1. The van der Waals surface area contributed by atoms with E-state index in [2.05, 4.69) is 16.3 Å². The van der Waals surface area contributed by atoms with Gasteiger partial charge in [0, 0.05) is 31.7 Å². The Balaban J connectivity index is 0.00000243. The van der Waals surface area contributed by atoms with Crippen molar-refractivity contribution in [2.75, 3.05) is 33.9 Å². The van der Waals surface area contributed by atoms with E-state index in [9.17, 15) is 4.79 Å². The summed E-state index contributed by atoms with van der Waals surface area (Å²) in [4.78, 5) is 14.2. The summed E-state index contributed by atoms with van der Waals surface area (Å²) in [7, 11) is 3.11. The van der Waals surface area contributed by atoms with E-state index in [-0.39, 0.29) is 24.4 Å². The lowest BCUT2D eigenvalue weighted by Crippen LogP contribution is -2.45. The highest BCUT2D eigenvalue weighted by Gasteiger charge is 2.26. The Morgan fingerprint density at radius 3 is 2.77 bits per heavy atom. The van der Waals surface area contributed by atoms with Gasteiger partial charge in [0.05, 0.1) is 25.8 Å². The van der Waals surface area contributed by atoms with E-state index in [1.165, 1.54) is 12.7 Å². The van der Waals surface area contributed by atoms with Crippen molar-refractivity contribution in [2.45, 2.75) is 12.6 Å². The minimum Gasteiger partial charge on any atom is -0.496 e. The van der Waals surface area contributed by atoms with Gasteiger partial charge in [-0.1, -0.05) is 30.3 Å². The van der Waals surface area contributed by atoms with Crippen LogP contribution in [0, 0.1) is 0 Å². The SMILES string of the molecule is COC(=O)c1cccc(CN2CCNCC2c2ccccc2OC)c1.Cl. The minimum atomic E-state index is -0.302. The number of hydrogen-bond acceptors (Lipinski definition) is 5. The molecule has 0 spiro atoms. The number of methoxy groups -OCH3 is 2. The molecule has 1 heterocycles. The second-order valence-electron chi connectivity index (χ2n) is 6.12. The van der Waals surface area contributed by atoms with Gasteiger partial charge in [-0.3, -0.25) is 4.90 Å². The number of benzene rings is 2. The Kier molecular flexibility index (Phi) is 7.45. The van der Waals surface area contributed by atoms with Gasteiger partial charge in [-0.25, -0.2) is 4.79 Å². The van der Waals surface area contributed by atoms with Gasteiger partial charge >= 0.3 is 5.97 Å². The minimum absolute atomic E-state index is 0. The number of ether oxygens (including phenoxy) is 2. The first-order valence-corrected chi connectivity index (χ1v) is 8.48. The average molecular weight is 377 g/mol. The molecule has 6 heteroatoms. The summed E-state index contributed by atoms with van der Waals surface area (Å²) in [6.45, 7) is 3.53. The Labute approximate surface area is 160 Å². The molecule has 1 aliphatic heterocycles. The molecule has 1 saturated heterocycles. The van der Waals surface area contributed by atoms with E-state index in [1.807, 2.05) is 36.4 Å². The molecule has 1 N–H and O–H groups in total. The van der Waals surface area contributed by atoms with Crippen molar-refractivity contribution in [3.05, 3.63) is 65.2 Å². The number of para-hydroxylation sites is 1. The fourth-order valence-electron chi connectivity index (χ4n) is 3.33. The summed E-state index contributed by atoms with van der Waals surface area (Å²) in [5.74, 6) is 0.605. The molecule has 26 heavy (non-hydrogen) atoms. The first-order chi connectivity index (χ1) is 12.2. The molecule has 0 amide bonds. The summed E-state index contributed by atoms with van der Waals surface area (Å²) >= 11 is 0. The largest absolute Gasteiger partial charge is 0.496 e. The van der Waals surface area contributed by atoms with Crippen LogP contribution in [0.2, 0.25) is 0 Å². The summed E-state index contributed by atoms with van der Waals surface area (Å²) in [5.41, 5.74) is 2.87. The van der Waals surface area contributed by atoms with Gasteiger partial charge in [0.25, 0.3) is 0 Å². The lowest BCUT2D eigenvalue weighted by molar-refractivity contribution is 0.0600. The zero-order valence-electron chi connectivity index (χ0n) is 15.1. The molecule has 1 fully saturated rings.